The van der Waals surface area contributed by atoms with E-state index in [0.717, 1.165) is 24.6 Å². The van der Waals surface area contributed by atoms with Gasteiger partial charge in [0, 0.05) is 18.7 Å². The van der Waals surface area contributed by atoms with E-state index in [0.29, 0.717) is 18.0 Å². The molecule has 5 nitrogen and oxygen atoms in total. The number of benzene rings is 2. The highest BCUT2D eigenvalue weighted by Gasteiger charge is 2.06. The second kappa shape index (κ2) is 9.47. The molecule has 2 aromatic rings. The number of hydrogen-bond acceptors (Lipinski definition) is 2. The normalized spacial score (nSPS) is 12.5. The van der Waals surface area contributed by atoms with E-state index in [9.17, 15) is 4.79 Å². The lowest BCUT2D eigenvalue weighted by Crippen LogP contribution is -2.39. The third-order valence-electron chi connectivity index (χ3n) is 3.92. The van der Waals surface area contributed by atoms with Gasteiger partial charge in [-0.3, -0.25) is 4.79 Å². The van der Waals surface area contributed by atoms with Crippen LogP contribution >= 0.6 is 0 Å². The van der Waals surface area contributed by atoms with Crippen molar-refractivity contribution in [2.75, 3.05) is 13.1 Å². The molecule has 0 fully saturated rings. The lowest BCUT2D eigenvalue weighted by Gasteiger charge is -2.16. The van der Waals surface area contributed by atoms with Crippen molar-refractivity contribution in [2.45, 2.75) is 26.3 Å². The van der Waals surface area contributed by atoms with Crippen molar-refractivity contribution in [3.8, 4) is 0 Å². The van der Waals surface area contributed by atoms with Gasteiger partial charge in [0.05, 0.1) is 6.54 Å². The van der Waals surface area contributed by atoms with E-state index in [2.05, 4.69) is 46.8 Å². The van der Waals surface area contributed by atoms with Crippen LogP contribution in [0.25, 0.3) is 0 Å². The Labute approximate surface area is 149 Å². The average molecular weight is 338 g/mol. The van der Waals surface area contributed by atoms with Crippen molar-refractivity contribution >= 4 is 11.9 Å². The topological polar surface area (TPSA) is 79.5 Å². The van der Waals surface area contributed by atoms with Crippen LogP contribution in [0.1, 0.15) is 41.3 Å². The second-order valence-electron chi connectivity index (χ2n) is 5.95. The molecule has 4 N–H and O–H groups in total. The molecule has 25 heavy (non-hydrogen) atoms. The Balaban J connectivity index is 1.98. The first-order valence-electron chi connectivity index (χ1n) is 8.56. The van der Waals surface area contributed by atoms with Gasteiger partial charge in [-0.2, -0.15) is 0 Å². The van der Waals surface area contributed by atoms with Gasteiger partial charge in [0.1, 0.15) is 0 Å². The van der Waals surface area contributed by atoms with Gasteiger partial charge in [-0.1, -0.05) is 49.4 Å². The van der Waals surface area contributed by atoms with Gasteiger partial charge in [-0.05, 0) is 36.1 Å². The van der Waals surface area contributed by atoms with Crippen molar-refractivity contribution in [1.82, 2.24) is 10.6 Å². The summed E-state index contributed by atoms with van der Waals surface area (Å²) < 4.78 is 0. The van der Waals surface area contributed by atoms with E-state index in [4.69, 9.17) is 5.73 Å². The van der Waals surface area contributed by atoms with E-state index >= 15 is 0 Å². The molecule has 0 aliphatic heterocycles. The molecule has 2 aromatic carbocycles. The molecule has 0 aliphatic rings. The van der Waals surface area contributed by atoms with Crippen molar-refractivity contribution in [3.05, 3.63) is 71.3 Å². The molecular weight excluding hydrogens is 312 g/mol. The van der Waals surface area contributed by atoms with E-state index < -0.39 is 5.91 Å². The average Bonchev–Trinajstić information content (AvgIpc) is 2.64. The third kappa shape index (κ3) is 5.95. The molecule has 1 atom stereocenters. The summed E-state index contributed by atoms with van der Waals surface area (Å²) in [6.45, 7) is 6.27. The van der Waals surface area contributed by atoms with Gasteiger partial charge in [0.15, 0.2) is 5.96 Å². The maximum Gasteiger partial charge on any atom is 0.248 e. The molecular formula is C20H26N4O. The van der Waals surface area contributed by atoms with Crippen LogP contribution < -0.4 is 16.4 Å². The number of carbonyl (C=O) groups excluding carboxylic acids is 1. The summed E-state index contributed by atoms with van der Waals surface area (Å²) in [7, 11) is 0. The maximum absolute atomic E-state index is 11.3. The smallest absolute Gasteiger partial charge is 0.248 e. The van der Waals surface area contributed by atoms with Crippen LogP contribution in [-0.4, -0.2) is 25.0 Å². The van der Waals surface area contributed by atoms with Crippen molar-refractivity contribution < 1.29 is 4.79 Å². The molecule has 0 bridgehead atoms. The summed E-state index contributed by atoms with van der Waals surface area (Å²) in [5.41, 5.74) is 8.07. The highest BCUT2D eigenvalue weighted by atomic mass is 16.1. The van der Waals surface area contributed by atoms with Gasteiger partial charge in [0.25, 0.3) is 0 Å². The Morgan fingerprint density at radius 3 is 2.56 bits per heavy atom. The molecule has 2 rings (SSSR count). The van der Waals surface area contributed by atoms with Gasteiger partial charge >= 0.3 is 0 Å². The van der Waals surface area contributed by atoms with Gasteiger partial charge < -0.3 is 16.4 Å². The fourth-order valence-electron chi connectivity index (χ4n) is 2.48. The number of amides is 1. The largest absolute Gasteiger partial charge is 0.366 e. The van der Waals surface area contributed by atoms with Crippen LogP contribution in [0.15, 0.2) is 59.6 Å². The van der Waals surface area contributed by atoms with Gasteiger partial charge in [0.2, 0.25) is 5.91 Å². The summed E-state index contributed by atoms with van der Waals surface area (Å²) in [5.74, 6) is 0.713. The summed E-state index contributed by atoms with van der Waals surface area (Å²) in [6.07, 6.45) is 0. The fraction of sp³-hybridized carbons (Fsp3) is 0.300. The first-order valence-corrected chi connectivity index (χ1v) is 8.56. The fourth-order valence-corrected chi connectivity index (χ4v) is 2.48. The number of nitrogens with one attached hydrogen (secondary N) is 2. The minimum Gasteiger partial charge on any atom is -0.366 e. The second-order valence-corrected chi connectivity index (χ2v) is 5.95. The zero-order valence-corrected chi connectivity index (χ0v) is 14.8. The lowest BCUT2D eigenvalue weighted by atomic mass is 10.0. The molecule has 0 aliphatic carbocycles. The van der Waals surface area contributed by atoms with E-state index in [1.165, 1.54) is 5.56 Å². The minimum atomic E-state index is -0.424. The summed E-state index contributed by atoms with van der Waals surface area (Å²) >= 11 is 0. The number of rotatable bonds is 7. The lowest BCUT2D eigenvalue weighted by molar-refractivity contribution is 0.1000. The summed E-state index contributed by atoms with van der Waals surface area (Å²) in [6, 6.07) is 17.6. The Morgan fingerprint density at radius 2 is 1.88 bits per heavy atom. The van der Waals surface area contributed by atoms with Crippen LogP contribution in [0.2, 0.25) is 0 Å². The van der Waals surface area contributed by atoms with Crippen LogP contribution in [0.4, 0.5) is 0 Å². The first kappa shape index (κ1) is 18.5. The predicted molar refractivity (Wildman–Crippen MR) is 103 cm³/mol. The summed E-state index contributed by atoms with van der Waals surface area (Å²) in [4.78, 5) is 15.9. The Kier molecular flexibility index (Phi) is 7.01. The number of nitrogens with two attached hydrogens (primary N) is 1. The molecule has 1 unspecified atom stereocenters. The third-order valence-corrected chi connectivity index (χ3v) is 3.92. The van der Waals surface area contributed by atoms with Crippen molar-refractivity contribution in [3.63, 3.8) is 0 Å². The molecule has 5 heteroatoms. The maximum atomic E-state index is 11.3. The number of aliphatic imine (C=N–C) groups is 1. The molecule has 0 spiro atoms. The zero-order valence-electron chi connectivity index (χ0n) is 14.8. The highest BCUT2D eigenvalue weighted by molar-refractivity contribution is 5.92. The molecule has 0 saturated heterocycles. The number of hydrogen-bond donors (Lipinski definition) is 3. The number of primary amides is 1. The number of nitrogens with zero attached hydrogens (tertiary/aromatic N) is 1. The summed E-state index contributed by atoms with van der Waals surface area (Å²) in [5, 5.41) is 6.62. The number of guanidine groups is 1. The molecule has 1 amide bonds. The van der Waals surface area contributed by atoms with Crippen molar-refractivity contribution in [2.24, 2.45) is 10.7 Å². The van der Waals surface area contributed by atoms with E-state index in [-0.39, 0.29) is 0 Å². The molecule has 0 aromatic heterocycles. The van der Waals surface area contributed by atoms with E-state index in [1.54, 1.807) is 12.1 Å². The highest BCUT2D eigenvalue weighted by Crippen LogP contribution is 2.13. The van der Waals surface area contributed by atoms with Crippen LogP contribution in [0, 0.1) is 0 Å². The van der Waals surface area contributed by atoms with Crippen molar-refractivity contribution in [1.29, 1.82) is 0 Å². The zero-order chi connectivity index (χ0) is 18.1. The molecule has 0 radical (unpaired) electrons. The predicted octanol–water partition coefficient (Wildman–Crippen LogP) is 2.64. The van der Waals surface area contributed by atoms with Crippen LogP contribution in [0.3, 0.4) is 0 Å². The van der Waals surface area contributed by atoms with Gasteiger partial charge in [-0.15, -0.1) is 0 Å². The standard InChI is InChI=1S/C20H26N4O/c1-3-22-20(23-13-15(2)17-9-5-4-6-10-17)24-14-16-8-7-11-18(12-16)19(21)25/h4-12,15H,3,13-14H2,1-2H3,(H2,21,25)(H2,22,23,24). The van der Waals surface area contributed by atoms with Gasteiger partial charge in [-0.25, -0.2) is 4.99 Å². The number of carbonyl (C=O) groups is 1. The monoisotopic (exact) mass is 338 g/mol. The van der Waals surface area contributed by atoms with E-state index in [1.807, 2.05) is 25.1 Å². The van der Waals surface area contributed by atoms with Crippen LogP contribution in [-0.2, 0) is 6.54 Å². The molecule has 0 heterocycles. The Hall–Kier alpha value is -2.82. The van der Waals surface area contributed by atoms with Crippen LogP contribution in [0.5, 0.6) is 0 Å². The quantitative estimate of drug-likeness (QED) is 0.536. The molecule has 0 saturated carbocycles. The first-order chi connectivity index (χ1) is 12.1. The molecule has 132 valence electrons. The Morgan fingerprint density at radius 1 is 1.12 bits per heavy atom. The SMILES string of the molecule is CCNC(=NCc1cccc(C(N)=O)c1)NCC(C)c1ccccc1. The Bertz CT molecular complexity index is 713. The minimum absolute atomic E-state index is 0.378.